The first-order valence-electron chi connectivity index (χ1n) is 6.51. The molecule has 0 aliphatic rings. The lowest BCUT2D eigenvalue weighted by Crippen LogP contribution is -2.03. The van der Waals surface area contributed by atoms with E-state index in [-0.39, 0.29) is 0 Å². The summed E-state index contributed by atoms with van der Waals surface area (Å²) in [5, 5.41) is 10.9. The number of aromatic amines is 1. The summed E-state index contributed by atoms with van der Waals surface area (Å²) in [7, 11) is 0. The predicted octanol–water partition coefficient (Wildman–Crippen LogP) is 2.75. The number of hydrazone groups is 1. The lowest BCUT2D eigenvalue weighted by atomic mass is 10.1. The Kier molecular flexibility index (Phi) is 7.42. The second-order valence-electron chi connectivity index (χ2n) is 3.98. The van der Waals surface area contributed by atoms with Crippen molar-refractivity contribution in [3.05, 3.63) is 54.5 Å². The van der Waals surface area contributed by atoms with Crippen molar-refractivity contribution < 1.29 is 0 Å². The second kappa shape index (κ2) is 9.49. The number of H-pyrrole nitrogens is 1. The van der Waals surface area contributed by atoms with Crippen LogP contribution in [-0.2, 0) is 0 Å². The number of allylic oxidation sites excluding steroid dienone is 3. The van der Waals surface area contributed by atoms with Crippen LogP contribution in [0.1, 0.15) is 24.6 Å². The fourth-order valence-electron chi connectivity index (χ4n) is 1.47. The van der Waals surface area contributed by atoms with E-state index in [4.69, 9.17) is 0 Å². The first-order valence-corrected chi connectivity index (χ1v) is 6.51. The van der Waals surface area contributed by atoms with Crippen LogP contribution in [0, 0.1) is 6.92 Å². The molecule has 5 heteroatoms. The fraction of sp³-hybridized carbons (Fsp3) is 0.267. The molecule has 1 rings (SSSR count). The van der Waals surface area contributed by atoms with Crippen molar-refractivity contribution in [2.75, 3.05) is 6.54 Å². The number of aryl methyl sites for hydroxylation is 1. The van der Waals surface area contributed by atoms with Crippen molar-refractivity contribution in [2.24, 2.45) is 10.1 Å². The summed E-state index contributed by atoms with van der Waals surface area (Å²) in [4.78, 5) is 4.44. The molecule has 0 saturated carbocycles. The van der Waals surface area contributed by atoms with Crippen LogP contribution >= 0.6 is 0 Å². The van der Waals surface area contributed by atoms with E-state index in [1.165, 1.54) is 0 Å². The average Bonchev–Trinajstić information content (AvgIpc) is 2.87. The highest BCUT2D eigenvalue weighted by Gasteiger charge is 2.04. The van der Waals surface area contributed by atoms with E-state index in [1.807, 2.05) is 38.3 Å². The van der Waals surface area contributed by atoms with Gasteiger partial charge in [-0.1, -0.05) is 18.2 Å². The van der Waals surface area contributed by atoms with E-state index in [9.17, 15) is 0 Å². The average molecular weight is 271 g/mol. The Hall–Kier alpha value is -2.43. The van der Waals surface area contributed by atoms with E-state index in [0.29, 0.717) is 6.54 Å². The first-order chi connectivity index (χ1) is 9.79. The van der Waals surface area contributed by atoms with E-state index >= 15 is 0 Å². The predicted molar refractivity (Wildman–Crippen MR) is 85.1 cm³/mol. The zero-order chi connectivity index (χ0) is 14.6. The molecule has 2 N–H and O–H groups in total. The molecule has 0 fully saturated rings. The van der Waals surface area contributed by atoms with Gasteiger partial charge in [0.2, 0.25) is 0 Å². The molecule has 0 aromatic carbocycles. The Morgan fingerprint density at radius 1 is 1.55 bits per heavy atom. The highest BCUT2D eigenvalue weighted by molar-refractivity contribution is 6.09. The van der Waals surface area contributed by atoms with E-state index in [1.54, 1.807) is 18.5 Å². The van der Waals surface area contributed by atoms with Gasteiger partial charge in [0.05, 0.1) is 18.0 Å². The molecule has 0 aliphatic carbocycles. The molecule has 0 bridgehead atoms. The topological polar surface area (TPSA) is 65.4 Å². The molecule has 0 radical (unpaired) electrons. The van der Waals surface area contributed by atoms with Crippen molar-refractivity contribution in [1.29, 1.82) is 0 Å². The van der Waals surface area contributed by atoms with Gasteiger partial charge >= 0.3 is 0 Å². The molecular weight excluding hydrogens is 250 g/mol. The quantitative estimate of drug-likeness (QED) is 0.330. The molecule has 0 amide bonds. The second-order valence-corrected chi connectivity index (χ2v) is 3.98. The summed E-state index contributed by atoms with van der Waals surface area (Å²) in [6, 6.07) is 0. The first kappa shape index (κ1) is 15.6. The monoisotopic (exact) mass is 271 g/mol. The molecule has 20 heavy (non-hydrogen) atoms. The van der Waals surface area contributed by atoms with Gasteiger partial charge in [0, 0.05) is 30.6 Å². The number of nitrogens with one attached hydrogen (secondary N) is 2. The largest absolute Gasteiger partial charge is 0.307 e. The molecule has 106 valence electrons. The van der Waals surface area contributed by atoms with Crippen molar-refractivity contribution in [1.82, 2.24) is 15.6 Å². The number of nitrogens with zero attached hydrogens (tertiary/aromatic N) is 3. The van der Waals surface area contributed by atoms with Gasteiger partial charge in [-0.15, -0.1) is 6.58 Å². The van der Waals surface area contributed by atoms with Crippen LogP contribution < -0.4 is 5.43 Å². The van der Waals surface area contributed by atoms with E-state index < -0.39 is 0 Å². The third-order valence-electron chi connectivity index (χ3n) is 2.41. The third kappa shape index (κ3) is 5.48. The van der Waals surface area contributed by atoms with Crippen LogP contribution in [0.2, 0.25) is 0 Å². The SMILES string of the molecule is C=CCN/N=C\C/C=C/N=C(\C=C\C)c1c[nH]nc1C. The summed E-state index contributed by atoms with van der Waals surface area (Å²) in [5.74, 6) is 0. The summed E-state index contributed by atoms with van der Waals surface area (Å²) < 4.78 is 0. The zero-order valence-corrected chi connectivity index (χ0v) is 12.0. The minimum absolute atomic E-state index is 0.670. The molecule has 1 aromatic heterocycles. The Balaban J connectivity index is 2.58. The van der Waals surface area contributed by atoms with Crippen molar-refractivity contribution in [3.63, 3.8) is 0 Å². The molecule has 0 unspecified atom stereocenters. The number of aliphatic imine (C=N–C) groups is 1. The number of aromatic nitrogens is 2. The van der Waals surface area contributed by atoms with Crippen LogP contribution in [0.15, 0.2) is 53.4 Å². The summed E-state index contributed by atoms with van der Waals surface area (Å²) in [5.41, 5.74) is 5.67. The molecule has 0 saturated heterocycles. The fourth-order valence-corrected chi connectivity index (χ4v) is 1.47. The number of hydrogen-bond acceptors (Lipinski definition) is 4. The van der Waals surface area contributed by atoms with Gasteiger partial charge in [-0.2, -0.15) is 10.2 Å². The summed E-state index contributed by atoms with van der Waals surface area (Å²) in [6.07, 6.45) is 13.8. The molecule has 5 nitrogen and oxygen atoms in total. The van der Waals surface area contributed by atoms with Crippen LogP contribution in [-0.4, -0.2) is 28.7 Å². The maximum Gasteiger partial charge on any atom is 0.0732 e. The number of hydrogen-bond donors (Lipinski definition) is 2. The van der Waals surface area contributed by atoms with Gasteiger partial charge in [-0.05, 0) is 19.9 Å². The Morgan fingerprint density at radius 2 is 2.40 bits per heavy atom. The van der Waals surface area contributed by atoms with Gasteiger partial charge in [0.25, 0.3) is 0 Å². The van der Waals surface area contributed by atoms with Crippen LogP contribution in [0.4, 0.5) is 0 Å². The lowest BCUT2D eigenvalue weighted by Gasteiger charge is -1.96. The molecule has 1 heterocycles. The maximum atomic E-state index is 4.44. The zero-order valence-electron chi connectivity index (χ0n) is 12.0. The third-order valence-corrected chi connectivity index (χ3v) is 2.41. The smallest absolute Gasteiger partial charge is 0.0732 e. The molecular formula is C15H21N5. The van der Waals surface area contributed by atoms with E-state index in [0.717, 1.165) is 23.4 Å². The van der Waals surface area contributed by atoms with Crippen LogP contribution in [0.5, 0.6) is 0 Å². The maximum absolute atomic E-state index is 4.44. The molecule has 0 atom stereocenters. The molecule has 0 spiro atoms. The van der Waals surface area contributed by atoms with Gasteiger partial charge in [0.1, 0.15) is 0 Å². The van der Waals surface area contributed by atoms with Crippen molar-refractivity contribution in [2.45, 2.75) is 20.3 Å². The Morgan fingerprint density at radius 3 is 3.05 bits per heavy atom. The number of rotatable bonds is 8. The Bertz CT molecular complexity index is 520. The highest BCUT2D eigenvalue weighted by atomic mass is 15.3. The minimum atomic E-state index is 0.670. The summed E-state index contributed by atoms with van der Waals surface area (Å²) >= 11 is 0. The highest BCUT2D eigenvalue weighted by Crippen LogP contribution is 2.06. The standard InChI is InChI=1S/C15H21N5/c1-4-8-15(14-12-19-20-13(14)3)16-10-6-7-11-18-17-9-5-2/h4-6,8,10-12,17H,2,7,9H2,1,3H3,(H,19,20)/b8-4+,10-6+,16-15+,18-11-. The Labute approximate surface area is 119 Å². The minimum Gasteiger partial charge on any atom is -0.307 e. The van der Waals surface area contributed by atoms with E-state index in [2.05, 4.69) is 32.3 Å². The van der Waals surface area contributed by atoms with Gasteiger partial charge < -0.3 is 5.43 Å². The van der Waals surface area contributed by atoms with Gasteiger partial charge in [0.15, 0.2) is 0 Å². The normalized spacial score (nSPS) is 12.8. The molecule has 0 aliphatic heterocycles. The van der Waals surface area contributed by atoms with Crippen LogP contribution in [0.25, 0.3) is 0 Å². The van der Waals surface area contributed by atoms with Gasteiger partial charge in [-0.3, -0.25) is 10.1 Å². The summed E-state index contributed by atoms with van der Waals surface area (Å²) in [6.45, 7) is 8.18. The van der Waals surface area contributed by atoms with Crippen molar-refractivity contribution >= 4 is 11.9 Å². The van der Waals surface area contributed by atoms with Gasteiger partial charge in [-0.25, -0.2) is 0 Å². The molecule has 1 aromatic rings. The van der Waals surface area contributed by atoms with Crippen LogP contribution in [0.3, 0.4) is 0 Å². The van der Waals surface area contributed by atoms with Crippen molar-refractivity contribution in [3.8, 4) is 0 Å². The lowest BCUT2D eigenvalue weighted by molar-refractivity contribution is 0.829.